The minimum Gasteiger partial charge on any atom is -0.477 e. The highest BCUT2D eigenvalue weighted by Gasteiger charge is 2.39. The average molecular weight is 332 g/mol. The number of nitrogens with zero attached hydrogens (tertiary/aromatic N) is 2. The molecule has 22 heavy (non-hydrogen) atoms. The zero-order valence-electron chi connectivity index (χ0n) is 10.8. The lowest BCUT2D eigenvalue weighted by molar-refractivity contribution is -0.385. The molecule has 1 fully saturated rings. The zero-order chi connectivity index (χ0) is 16.7. The summed E-state index contributed by atoms with van der Waals surface area (Å²) < 4.78 is 34.6. The molecule has 1 aromatic carbocycles. The van der Waals surface area contributed by atoms with Gasteiger partial charge < -0.3 is 10.0 Å². The summed E-state index contributed by atoms with van der Waals surface area (Å²) >= 11 is 0. The quantitative estimate of drug-likeness (QED) is 0.487. The minimum atomic E-state index is -4.91. The molecule has 1 heterocycles. The summed E-state index contributed by atoms with van der Waals surface area (Å²) in [4.78, 5) is 33.5. The second kappa shape index (κ2) is 5.33. The average Bonchev–Trinajstić information content (AvgIpc) is 2.80. The number of carbonyl (C=O) groups excluding carboxylic acids is 1. The van der Waals surface area contributed by atoms with Crippen LogP contribution in [0, 0.1) is 10.1 Å². The first-order chi connectivity index (χ1) is 10.1. The van der Waals surface area contributed by atoms with Gasteiger partial charge in [-0.3, -0.25) is 14.9 Å². The Bertz CT molecular complexity index is 777. The lowest BCUT2D eigenvalue weighted by Crippen LogP contribution is -2.27. The molecule has 1 N–H and O–H groups in total. The first kappa shape index (κ1) is 15.8. The van der Waals surface area contributed by atoms with Crippen LogP contribution in [-0.2, 0) is 15.0 Å². The molecule has 1 aromatic rings. The van der Waals surface area contributed by atoms with Crippen LogP contribution in [0.3, 0.4) is 0 Å². The molecule has 9 nitrogen and oxygen atoms in total. The molecule has 1 saturated heterocycles. The van der Waals surface area contributed by atoms with Crippen molar-refractivity contribution in [3.05, 3.63) is 33.9 Å². The summed E-state index contributed by atoms with van der Waals surface area (Å²) in [7, 11) is -4.91. The van der Waals surface area contributed by atoms with Gasteiger partial charge in [-0.2, -0.15) is 8.42 Å². The lowest BCUT2D eigenvalue weighted by atomic mass is 10.1. The number of halogens is 1. The molecule has 0 aliphatic carbocycles. The number of carboxylic acids is 1. The molecule has 1 aliphatic heterocycles. The minimum absolute atomic E-state index is 0.0425. The van der Waals surface area contributed by atoms with Crippen molar-refractivity contribution in [1.82, 2.24) is 0 Å². The van der Waals surface area contributed by atoms with Crippen molar-refractivity contribution in [3.8, 4) is 0 Å². The van der Waals surface area contributed by atoms with Gasteiger partial charge in [-0.15, -0.1) is 3.89 Å². The molecule has 2 rings (SSSR count). The number of hydrogen-bond acceptors (Lipinski definition) is 6. The monoisotopic (exact) mass is 332 g/mol. The molecule has 11 heteroatoms. The third-order valence-electron chi connectivity index (χ3n) is 3.21. The number of nitro groups is 1. The fraction of sp³-hybridized carbons (Fsp3) is 0.273. The fourth-order valence-electron chi connectivity index (χ4n) is 2.14. The highest BCUT2D eigenvalue weighted by molar-refractivity contribution is 7.87. The van der Waals surface area contributed by atoms with Gasteiger partial charge in [0.25, 0.3) is 5.69 Å². The van der Waals surface area contributed by atoms with E-state index in [2.05, 4.69) is 0 Å². The van der Waals surface area contributed by atoms with Crippen LogP contribution in [0.25, 0.3) is 0 Å². The van der Waals surface area contributed by atoms with E-state index in [4.69, 9.17) is 5.11 Å². The standard InChI is InChI=1S/C11H9FN2O7S/c12-22(20,21)7-4-10(15)13(5-7)6-1-2-9(14(18)19)8(3-6)11(16)17/h1-3,7H,4-5H2,(H,16,17). The number of carbonyl (C=O) groups is 2. The Morgan fingerprint density at radius 3 is 2.55 bits per heavy atom. The van der Waals surface area contributed by atoms with Crippen LogP contribution in [0.15, 0.2) is 18.2 Å². The van der Waals surface area contributed by atoms with Gasteiger partial charge in [0.05, 0.1) is 4.92 Å². The SMILES string of the molecule is O=C(O)c1cc(N2CC(S(=O)(=O)F)CC2=O)ccc1[N+](=O)[O-]. The van der Waals surface area contributed by atoms with Gasteiger partial charge in [-0.05, 0) is 12.1 Å². The van der Waals surface area contributed by atoms with Gasteiger partial charge in [0.1, 0.15) is 10.8 Å². The first-order valence-electron chi connectivity index (χ1n) is 5.87. The van der Waals surface area contributed by atoms with Crippen LogP contribution in [0.2, 0.25) is 0 Å². The van der Waals surface area contributed by atoms with Crippen molar-refractivity contribution < 1.29 is 31.9 Å². The summed E-state index contributed by atoms with van der Waals surface area (Å²) in [5.41, 5.74) is -1.36. The van der Waals surface area contributed by atoms with Gasteiger partial charge >= 0.3 is 16.2 Å². The van der Waals surface area contributed by atoms with E-state index >= 15 is 0 Å². The van der Waals surface area contributed by atoms with E-state index < -0.39 is 56.5 Å². The van der Waals surface area contributed by atoms with E-state index in [0.717, 1.165) is 23.1 Å². The summed E-state index contributed by atoms with van der Waals surface area (Å²) in [6.45, 7) is -0.478. The number of rotatable bonds is 4. The van der Waals surface area contributed by atoms with Crippen LogP contribution < -0.4 is 4.90 Å². The van der Waals surface area contributed by atoms with Crippen LogP contribution >= 0.6 is 0 Å². The maximum absolute atomic E-state index is 12.9. The summed E-state index contributed by atoms with van der Waals surface area (Å²) in [6, 6.07) is 2.88. The maximum Gasteiger partial charge on any atom is 0.342 e. The van der Waals surface area contributed by atoms with Gasteiger partial charge in [-0.25, -0.2) is 4.79 Å². The molecular formula is C11H9FN2O7S. The van der Waals surface area contributed by atoms with E-state index in [1.54, 1.807) is 0 Å². The van der Waals surface area contributed by atoms with Crippen molar-refractivity contribution in [2.24, 2.45) is 0 Å². The number of anilines is 1. The van der Waals surface area contributed by atoms with E-state index in [1.165, 1.54) is 0 Å². The number of amides is 1. The summed E-state index contributed by atoms with van der Waals surface area (Å²) in [6.07, 6.45) is -0.571. The Hall–Kier alpha value is -2.56. The van der Waals surface area contributed by atoms with Gasteiger partial charge in [-0.1, -0.05) is 0 Å². The topological polar surface area (TPSA) is 135 Å². The second-order valence-electron chi connectivity index (χ2n) is 4.57. The smallest absolute Gasteiger partial charge is 0.342 e. The van der Waals surface area contributed by atoms with Crippen LogP contribution in [0.5, 0.6) is 0 Å². The lowest BCUT2D eigenvalue weighted by Gasteiger charge is -2.16. The number of aromatic carboxylic acids is 1. The third kappa shape index (κ3) is 2.88. The number of benzene rings is 1. The molecule has 0 aromatic heterocycles. The molecule has 0 bridgehead atoms. The third-order valence-corrected chi connectivity index (χ3v) is 4.32. The van der Waals surface area contributed by atoms with Crippen LogP contribution in [0.1, 0.15) is 16.8 Å². The van der Waals surface area contributed by atoms with Crippen LogP contribution in [-0.4, -0.2) is 42.1 Å². The molecule has 1 aliphatic rings. The zero-order valence-corrected chi connectivity index (χ0v) is 11.6. The summed E-state index contributed by atoms with van der Waals surface area (Å²) in [5, 5.41) is 18.2. The molecule has 118 valence electrons. The molecule has 0 spiro atoms. The fourth-order valence-corrected chi connectivity index (χ4v) is 2.80. The Balaban J connectivity index is 2.42. The molecule has 1 atom stereocenters. The van der Waals surface area contributed by atoms with E-state index in [0.29, 0.717) is 0 Å². The Morgan fingerprint density at radius 2 is 2.09 bits per heavy atom. The summed E-state index contributed by atoms with van der Waals surface area (Å²) in [5.74, 6) is -2.29. The molecule has 0 saturated carbocycles. The normalized spacial score (nSPS) is 18.5. The highest BCUT2D eigenvalue weighted by Crippen LogP contribution is 2.30. The van der Waals surface area contributed by atoms with Crippen LogP contribution in [0.4, 0.5) is 15.3 Å². The van der Waals surface area contributed by atoms with Crippen molar-refractivity contribution in [3.63, 3.8) is 0 Å². The molecule has 1 amide bonds. The second-order valence-corrected chi connectivity index (χ2v) is 6.19. The number of carboxylic acid groups (broad SMARTS) is 1. The predicted molar refractivity (Wildman–Crippen MR) is 70.8 cm³/mol. The van der Waals surface area contributed by atoms with Crippen molar-refractivity contribution in [2.45, 2.75) is 11.7 Å². The number of nitro benzene ring substituents is 1. The molecule has 0 radical (unpaired) electrons. The maximum atomic E-state index is 12.9. The molecular weight excluding hydrogens is 323 g/mol. The highest BCUT2D eigenvalue weighted by atomic mass is 32.3. The Morgan fingerprint density at radius 1 is 1.45 bits per heavy atom. The van der Waals surface area contributed by atoms with E-state index in [1.807, 2.05) is 0 Å². The van der Waals surface area contributed by atoms with Gasteiger partial charge in [0.2, 0.25) is 5.91 Å². The van der Waals surface area contributed by atoms with Crippen molar-refractivity contribution in [1.29, 1.82) is 0 Å². The Labute approximate surface area is 123 Å². The van der Waals surface area contributed by atoms with Crippen molar-refractivity contribution in [2.75, 3.05) is 11.4 Å². The van der Waals surface area contributed by atoms with E-state index in [9.17, 15) is 32.0 Å². The van der Waals surface area contributed by atoms with Crippen molar-refractivity contribution >= 4 is 33.5 Å². The first-order valence-corrected chi connectivity index (χ1v) is 7.31. The Kier molecular flexibility index (Phi) is 3.83. The van der Waals surface area contributed by atoms with Gasteiger partial charge in [0, 0.05) is 24.7 Å². The predicted octanol–water partition coefficient (Wildman–Crippen LogP) is 0.698. The van der Waals surface area contributed by atoms with E-state index in [-0.39, 0.29) is 5.69 Å². The number of hydrogen-bond donors (Lipinski definition) is 1. The molecule has 1 unspecified atom stereocenters. The largest absolute Gasteiger partial charge is 0.477 e. The van der Waals surface area contributed by atoms with Gasteiger partial charge in [0.15, 0.2) is 0 Å².